The van der Waals surface area contributed by atoms with Crippen molar-refractivity contribution in [3.63, 3.8) is 0 Å². The summed E-state index contributed by atoms with van der Waals surface area (Å²) in [6.45, 7) is 27.7. The van der Waals surface area contributed by atoms with Crippen LogP contribution in [0.4, 0.5) is 51.2 Å². The van der Waals surface area contributed by atoms with Crippen LogP contribution in [0.5, 0.6) is 0 Å². The van der Waals surface area contributed by atoms with Crippen molar-refractivity contribution >= 4 is 128 Å². The standard InChI is InChI=1S/C72H67ClN4OS/c1-69(2,3)44-30-33-56-53(36-44)54-38-47(72(10,11)12)40-62-67(54)77(56)59-39-46(71(7,8)9)31-34-57(59)75(62)60-41-50(74(48-22-15-13-16-23-48)49-24-17-14-18-25-49)42-61(66(60)73)76(63-43-79-65-35-32-45(37-55(63)65)70(4,5)6)58-28-21-27-52-51-26-19-20-29-64(51)78-68(52)58/h13-43H,1-12H3. The molecule has 0 radical (unpaired) electrons. The molecule has 1 aliphatic heterocycles. The molecule has 9 aromatic carbocycles. The quantitative estimate of drug-likeness (QED) is 0.159. The van der Waals surface area contributed by atoms with Gasteiger partial charge in [0.1, 0.15) is 5.58 Å². The van der Waals surface area contributed by atoms with Crippen molar-refractivity contribution in [3.8, 4) is 5.69 Å². The Kier molecular flexibility index (Phi) is 11.6. The number of thiophene rings is 1. The summed E-state index contributed by atoms with van der Waals surface area (Å²) in [5, 5.41) is 8.62. The summed E-state index contributed by atoms with van der Waals surface area (Å²) in [6.07, 6.45) is 0. The lowest BCUT2D eigenvalue weighted by Crippen LogP contribution is -2.23. The van der Waals surface area contributed by atoms with Crippen LogP contribution < -0.4 is 14.7 Å². The molecule has 0 atom stereocenters. The Labute approximate surface area is 473 Å². The third-order valence-electron chi connectivity index (χ3n) is 16.2. The van der Waals surface area contributed by atoms with Crippen LogP contribution in [0.2, 0.25) is 5.02 Å². The molecule has 0 saturated carbocycles. The van der Waals surface area contributed by atoms with Gasteiger partial charge in [-0.15, -0.1) is 11.3 Å². The minimum Gasteiger partial charge on any atom is -0.454 e. The van der Waals surface area contributed by atoms with Crippen molar-refractivity contribution in [2.75, 3.05) is 14.7 Å². The normalized spacial score (nSPS) is 13.1. The van der Waals surface area contributed by atoms with Crippen molar-refractivity contribution in [2.45, 2.75) is 105 Å². The van der Waals surface area contributed by atoms with Crippen LogP contribution in [0.25, 0.3) is 59.5 Å². The topological polar surface area (TPSA) is 27.8 Å². The number of hydrogen-bond donors (Lipinski definition) is 0. The number of aromatic nitrogens is 1. The van der Waals surface area contributed by atoms with Crippen LogP contribution in [0, 0.1) is 0 Å². The van der Waals surface area contributed by atoms with E-state index in [1.54, 1.807) is 11.3 Å². The van der Waals surface area contributed by atoms with Crippen molar-refractivity contribution in [3.05, 3.63) is 215 Å². The zero-order valence-electron chi connectivity index (χ0n) is 47.4. The predicted octanol–water partition coefficient (Wildman–Crippen LogP) is 22.5. The summed E-state index contributed by atoms with van der Waals surface area (Å²) < 4.78 is 10.8. The highest BCUT2D eigenvalue weighted by atomic mass is 35.5. The van der Waals surface area contributed by atoms with E-state index < -0.39 is 0 Å². The molecule has 0 amide bonds. The van der Waals surface area contributed by atoms with Gasteiger partial charge in [-0.1, -0.05) is 180 Å². The molecule has 3 aromatic heterocycles. The number of benzene rings is 9. The molecule has 13 rings (SSSR count). The number of furan rings is 1. The molecule has 0 unspecified atom stereocenters. The molecule has 0 saturated heterocycles. The molecule has 12 aromatic rings. The van der Waals surface area contributed by atoms with Gasteiger partial charge >= 0.3 is 0 Å². The van der Waals surface area contributed by atoms with Crippen LogP contribution in [0.15, 0.2) is 192 Å². The van der Waals surface area contributed by atoms with Gasteiger partial charge in [0.2, 0.25) is 0 Å². The Hall–Kier alpha value is -7.77. The third kappa shape index (κ3) is 8.40. The van der Waals surface area contributed by atoms with Gasteiger partial charge in [-0.2, -0.15) is 0 Å². The van der Waals surface area contributed by atoms with E-state index in [2.05, 4.69) is 284 Å². The Balaban J connectivity index is 1.20. The highest BCUT2D eigenvalue weighted by Gasteiger charge is 2.36. The molecule has 394 valence electrons. The van der Waals surface area contributed by atoms with Gasteiger partial charge in [0, 0.05) is 48.4 Å². The monoisotopic (exact) mass is 1070 g/mol. The van der Waals surface area contributed by atoms with Crippen molar-refractivity contribution in [2.24, 2.45) is 0 Å². The minimum atomic E-state index is -0.189. The molecule has 1 aliphatic rings. The van der Waals surface area contributed by atoms with E-state index >= 15 is 0 Å². The molecule has 4 heterocycles. The van der Waals surface area contributed by atoms with Gasteiger partial charge in [0.25, 0.3) is 0 Å². The van der Waals surface area contributed by atoms with Crippen molar-refractivity contribution < 1.29 is 4.42 Å². The van der Waals surface area contributed by atoms with Crippen LogP contribution in [-0.4, -0.2) is 4.57 Å². The first-order valence-electron chi connectivity index (χ1n) is 27.7. The first-order chi connectivity index (χ1) is 37.6. The maximum Gasteiger partial charge on any atom is 0.159 e. The van der Waals surface area contributed by atoms with E-state index in [1.807, 2.05) is 6.07 Å². The number of fused-ring (bicyclic) bond motifs is 9. The van der Waals surface area contributed by atoms with Gasteiger partial charge in [0.15, 0.2) is 5.58 Å². The van der Waals surface area contributed by atoms with Gasteiger partial charge in [-0.05, 0) is 141 Å². The maximum absolute atomic E-state index is 8.63. The largest absolute Gasteiger partial charge is 0.454 e. The summed E-state index contributed by atoms with van der Waals surface area (Å²) in [7, 11) is 0. The average molecular weight is 1070 g/mol. The number of anilines is 9. The molecule has 79 heavy (non-hydrogen) atoms. The van der Waals surface area contributed by atoms with E-state index in [9.17, 15) is 0 Å². The van der Waals surface area contributed by atoms with E-state index in [0.717, 1.165) is 89.7 Å². The summed E-state index contributed by atoms with van der Waals surface area (Å²) >= 11 is 10.4. The zero-order valence-corrected chi connectivity index (χ0v) is 49.0. The SMILES string of the molecule is CC(C)(C)c1ccc2c(c1)-n1c3ccc(C(C)(C)C)cc3c3cc(C(C)(C)C)cc(c31)N2c1cc(N(c2ccccc2)c2ccccc2)cc(N(c2csc3ccc(C(C)(C)C)cc23)c2cccc3c2oc2ccccc23)c1Cl. The molecule has 7 heteroatoms. The fourth-order valence-corrected chi connectivity index (χ4v) is 13.0. The Morgan fingerprint density at radius 3 is 1.65 bits per heavy atom. The van der Waals surface area contributed by atoms with E-state index in [-0.39, 0.29) is 21.7 Å². The molecule has 5 nitrogen and oxygen atoms in total. The second-order valence-corrected chi connectivity index (χ2v) is 27.0. The molecule has 0 bridgehead atoms. The second-order valence-electron chi connectivity index (χ2n) is 25.7. The highest BCUT2D eigenvalue weighted by Crippen LogP contribution is 2.58. The fourth-order valence-electron chi connectivity index (χ4n) is 11.8. The molecule has 0 fully saturated rings. The number of nitrogens with zero attached hydrogens (tertiary/aromatic N) is 4. The number of rotatable bonds is 7. The van der Waals surface area contributed by atoms with Gasteiger partial charge in [-0.25, -0.2) is 0 Å². The average Bonchev–Trinajstić information content (AvgIpc) is 2.92. The van der Waals surface area contributed by atoms with E-state index in [0.29, 0.717) is 5.02 Å². The maximum atomic E-state index is 8.63. The smallest absolute Gasteiger partial charge is 0.159 e. The Bertz CT molecular complexity index is 4340. The van der Waals surface area contributed by atoms with Crippen LogP contribution >= 0.6 is 22.9 Å². The fraction of sp³-hybridized carbons (Fsp3) is 0.222. The van der Waals surface area contributed by atoms with Crippen molar-refractivity contribution in [1.82, 2.24) is 4.57 Å². The summed E-state index contributed by atoms with van der Waals surface area (Å²) in [5.41, 5.74) is 18.4. The number of hydrogen-bond acceptors (Lipinski definition) is 5. The third-order valence-corrected chi connectivity index (χ3v) is 17.5. The van der Waals surface area contributed by atoms with Gasteiger partial charge in [0.05, 0.1) is 61.6 Å². The van der Waals surface area contributed by atoms with E-state index in [4.69, 9.17) is 16.0 Å². The predicted molar refractivity (Wildman–Crippen MR) is 341 cm³/mol. The lowest BCUT2D eigenvalue weighted by Gasteiger charge is -2.38. The first kappa shape index (κ1) is 50.7. The number of para-hydroxylation sites is 4. The first-order valence-corrected chi connectivity index (χ1v) is 28.9. The molecular formula is C72H67ClN4OS. The lowest BCUT2D eigenvalue weighted by atomic mass is 9.84. The highest BCUT2D eigenvalue weighted by molar-refractivity contribution is 7.17. The zero-order chi connectivity index (χ0) is 55.1. The second kappa shape index (κ2) is 18.1. The van der Waals surface area contributed by atoms with E-state index in [1.165, 1.54) is 43.2 Å². The van der Waals surface area contributed by atoms with Crippen LogP contribution in [0.1, 0.15) is 105 Å². The Morgan fingerprint density at radius 1 is 0.405 bits per heavy atom. The molecular weight excluding hydrogens is 1000 g/mol. The lowest BCUT2D eigenvalue weighted by molar-refractivity contribution is 0.589. The molecule has 0 N–H and O–H groups in total. The van der Waals surface area contributed by atoms with Crippen LogP contribution in [-0.2, 0) is 21.7 Å². The molecule has 0 spiro atoms. The van der Waals surface area contributed by atoms with Gasteiger partial charge in [-0.3, -0.25) is 0 Å². The Morgan fingerprint density at radius 2 is 0.975 bits per heavy atom. The molecule has 0 aliphatic carbocycles. The summed E-state index contributed by atoms with van der Waals surface area (Å²) in [4.78, 5) is 7.24. The summed E-state index contributed by atoms with van der Waals surface area (Å²) in [6, 6.07) is 67.0. The minimum absolute atomic E-state index is 0.0506. The van der Waals surface area contributed by atoms with Gasteiger partial charge < -0.3 is 23.7 Å². The van der Waals surface area contributed by atoms with Crippen LogP contribution in [0.3, 0.4) is 0 Å². The number of halogens is 1. The van der Waals surface area contributed by atoms with Crippen molar-refractivity contribution in [1.29, 1.82) is 0 Å². The summed E-state index contributed by atoms with van der Waals surface area (Å²) in [5.74, 6) is 0.